The van der Waals surface area contributed by atoms with Gasteiger partial charge in [-0.15, -0.1) is 0 Å². The van der Waals surface area contributed by atoms with E-state index in [-0.39, 0.29) is 17.2 Å². The molecule has 0 heterocycles. The number of aliphatic hydroxyl groups is 1. The second kappa shape index (κ2) is 7.47. The average molecular weight is 301 g/mol. The molecular weight excluding hydrogens is 278 g/mol. The van der Waals surface area contributed by atoms with Crippen LogP contribution >= 0.6 is 0 Å². The van der Waals surface area contributed by atoms with Crippen molar-refractivity contribution >= 4 is 21.4 Å². The van der Waals surface area contributed by atoms with E-state index in [1.54, 1.807) is 12.1 Å². The quantitative estimate of drug-likeness (QED) is 0.423. The van der Waals surface area contributed by atoms with Crippen LogP contribution in [0.5, 0.6) is 0 Å². The van der Waals surface area contributed by atoms with Gasteiger partial charge in [-0.1, -0.05) is 6.92 Å². The van der Waals surface area contributed by atoms with Crippen LogP contribution in [0.3, 0.4) is 0 Å². The van der Waals surface area contributed by atoms with Gasteiger partial charge in [0.25, 0.3) is 0 Å². The first-order valence-corrected chi connectivity index (χ1v) is 8.07. The van der Waals surface area contributed by atoms with Gasteiger partial charge < -0.3 is 16.2 Å². The van der Waals surface area contributed by atoms with Gasteiger partial charge in [-0.2, -0.15) is 0 Å². The number of hydrogen-bond donors (Lipinski definition) is 4. The van der Waals surface area contributed by atoms with Gasteiger partial charge >= 0.3 is 0 Å². The number of nitrogens with one attached hydrogen (secondary N) is 2. The Bertz CT molecular complexity index is 532. The van der Waals surface area contributed by atoms with Crippen molar-refractivity contribution in [1.29, 1.82) is 0 Å². The average Bonchev–Trinajstić information content (AvgIpc) is 2.43. The van der Waals surface area contributed by atoms with Gasteiger partial charge in [0.15, 0.2) is 0 Å². The summed E-state index contributed by atoms with van der Waals surface area (Å²) in [7, 11) is -2.17. The van der Waals surface area contributed by atoms with Crippen molar-refractivity contribution in [2.75, 3.05) is 31.2 Å². The lowest BCUT2D eigenvalue weighted by Gasteiger charge is -2.11. The van der Waals surface area contributed by atoms with Gasteiger partial charge in [0, 0.05) is 18.8 Å². The third kappa shape index (κ3) is 4.66. The Hall–Kier alpha value is -1.31. The van der Waals surface area contributed by atoms with Crippen LogP contribution in [0, 0.1) is 5.92 Å². The van der Waals surface area contributed by atoms with Crippen molar-refractivity contribution < 1.29 is 13.5 Å². The molecule has 0 saturated carbocycles. The minimum absolute atomic E-state index is 0.0828. The summed E-state index contributed by atoms with van der Waals surface area (Å²) in [5, 5.41) is 12.1. The molecule has 0 amide bonds. The van der Waals surface area contributed by atoms with E-state index in [2.05, 4.69) is 10.0 Å². The highest BCUT2D eigenvalue weighted by Crippen LogP contribution is 2.22. The molecule has 5 N–H and O–H groups in total. The molecule has 6 nitrogen and oxygen atoms in total. The SMILES string of the molecule is CNS(=O)(=O)c1ccc(NCCCC(C)CO)cc1N. The number of nitrogens with two attached hydrogens (primary N) is 1. The first-order valence-electron chi connectivity index (χ1n) is 6.58. The number of aliphatic hydroxyl groups excluding tert-OH is 1. The van der Waals surface area contributed by atoms with E-state index in [4.69, 9.17) is 10.8 Å². The fourth-order valence-corrected chi connectivity index (χ4v) is 2.62. The monoisotopic (exact) mass is 301 g/mol. The third-order valence-electron chi connectivity index (χ3n) is 3.08. The topological polar surface area (TPSA) is 104 Å². The molecule has 0 aromatic heterocycles. The summed E-state index contributed by atoms with van der Waals surface area (Å²) in [6, 6.07) is 4.79. The fraction of sp³-hybridized carbons (Fsp3) is 0.538. The molecule has 7 heteroatoms. The number of benzene rings is 1. The second-order valence-electron chi connectivity index (χ2n) is 4.82. The molecule has 0 bridgehead atoms. The predicted molar refractivity (Wildman–Crippen MR) is 81.1 cm³/mol. The van der Waals surface area contributed by atoms with Gasteiger partial charge in [-0.3, -0.25) is 0 Å². The van der Waals surface area contributed by atoms with Crippen molar-refractivity contribution in [2.24, 2.45) is 5.92 Å². The van der Waals surface area contributed by atoms with Gasteiger partial charge in [-0.25, -0.2) is 13.1 Å². The Balaban J connectivity index is 2.60. The van der Waals surface area contributed by atoms with Crippen LogP contribution in [0.4, 0.5) is 11.4 Å². The normalized spacial score (nSPS) is 13.2. The van der Waals surface area contributed by atoms with E-state index in [1.165, 1.54) is 13.1 Å². The number of hydrogen-bond acceptors (Lipinski definition) is 5. The molecule has 1 aromatic carbocycles. The lowest BCUT2D eigenvalue weighted by atomic mass is 10.1. The highest BCUT2D eigenvalue weighted by atomic mass is 32.2. The summed E-state index contributed by atoms with van der Waals surface area (Å²) in [6.45, 7) is 2.95. The van der Waals surface area contributed by atoms with Crippen molar-refractivity contribution in [3.05, 3.63) is 18.2 Å². The fourth-order valence-electron chi connectivity index (χ4n) is 1.79. The molecule has 0 fully saturated rings. The predicted octanol–water partition coefficient (Wildman–Crippen LogP) is 0.997. The minimum Gasteiger partial charge on any atom is -0.398 e. The summed E-state index contributed by atoms with van der Waals surface area (Å²) in [6.07, 6.45) is 1.86. The van der Waals surface area contributed by atoms with Crippen LogP contribution in [0.2, 0.25) is 0 Å². The van der Waals surface area contributed by atoms with Crippen LogP contribution in [0.1, 0.15) is 19.8 Å². The third-order valence-corrected chi connectivity index (χ3v) is 4.57. The van der Waals surface area contributed by atoms with E-state index < -0.39 is 10.0 Å². The van der Waals surface area contributed by atoms with Crippen LogP contribution in [0.15, 0.2) is 23.1 Å². The van der Waals surface area contributed by atoms with Crippen LogP contribution in [-0.2, 0) is 10.0 Å². The first kappa shape index (κ1) is 16.7. The van der Waals surface area contributed by atoms with E-state index in [0.717, 1.165) is 25.1 Å². The standard InChI is InChI=1S/C13H23N3O3S/c1-10(9-17)4-3-7-16-11-5-6-13(12(14)8-11)20(18,19)15-2/h5-6,8,10,15-17H,3-4,7,9,14H2,1-2H3. The zero-order valence-electron chi connectivity index (χ0n) is 11.9. The Morgan fingerprint density at radius 3 is 2.65 bits per heavy atom. The maximum Gasteiger partial charge on any atom is 0.242 e. The van der Waals surface area contributed by atoms with Crippen LogP contribution in [0.25, 0.3) is 0 Å². The van der Waals surface area contributed by atoms with E-state index in [1.807, 2.05) is 6.92 Å². The van der Waals surface area contributed by atoms with Gasteiger partial charge in [-0.05, 0) is 44.0 Å². The molecule has 20 heavy (non-hydrogen) atoms. The van der Waals surface area contributed by atoms with Gasteiger partial charge in [0.2, 0.25) is 10.0 Å². The lowest BCUT2D eigenvalue weighted by Crippen LogP contribution is -2.20. The molecule has 114 valence electrons. The van der Waals surface area contributed by atoms with Gasteiger partial charge in [0.05, 0.1) is 5.69 Å². The molecule has 1 rings (SSSR count). The van der Waals surface area contributed by atoms with Crippen molar-refractivity contribution in [1.82, 2.24) is 4.72 Å². The Labute approximate surface area is 120 Å². The summed E-state index contributed by atoms with van der Waals surface area (Å²) in [5.41, 5.74) is 6.77. The highest BCUT2D eigenvalue weighted by Gasteiger charge is 2.15. The van der Waals surface area contributed by atoms with Gasteiger partial charge in [0.1, 0.15) is 4.90 Å². The minimum atomic E-state index is -3.52. The summed E-state index contributed by atoms with van der Waals surface area (Å²) < 4.78 is 25.6. The van der Waals surface area contributed by atoms with E-state index >= 15 is 0 Å². The molecule has 0 saturated heterocycles. The van der Waals surface area contributed by atoms with E-state index in [9.17, 15) is 8.42 Å². The summed E-state index contributed by atoms with van der Waals surface area (Å²) in [5.74, 6) is 0.296. The van der Waals surface area contributed by atoms with Crippen molar-refractivity contribution in [3.8, 4) is 0 Å². The number of rotatable bonds is 8. The highest BCUT2D eigenvalue weighted by molar-refractivity contribution is 7.89. The number of sulfonamides is 1. The molecule has 0 spiro atoms. The molecule has 0 aliphatic carbocycles. The smallest absolute Gasteiger partial charge is 0.242 e. The number of nitrogen functional groups attached to an aromatic ring is 1. The molecule has 0 radical (unpaired) electrons. The number of anilines is 2. The second-order valence-corrected chi connectivity index (χ2v) is 6.67. The molecule has 1 unspecified atom stereocenters. The van der Waals surface area contributed by atoms with E-state index in [0.29, 0.717) is 5.92 Å². The summed E-state index contributed by atoms with van der Waals surface area (Å²) in [4.78, 5) is 0.0828. The molecule has 1 atom stereocenters. The Kier molecular flexibility index (Phi) is 6.25. The molecular formula is C13H23N3O3S. The Morgan fingerprint density at radius 1 is 1.40 bits per heavy atom. The molecule has 0 aliphatic rings. The first-order chi connectivity index (χ1) is 9.40. The maximum atomic E-state index is 11.7. The summed E-state index contributed by atoms with van der Waals surface area (Å²) >= 11 is 0. The maximum absolute atomic E-state index is 11.7. The zero-order chi connectivity index (χ0) is 15.2. The van der Waals surface area contributed by atoms with Crippen molar-refractivity contribution in [2.45, 2.75) is 24.7 Å². The van der Waals surface area contributed by atoms with Crippen LogP contribution in [-0.4, -0.2) is 33.7 Å². The zero-order valence-corrected chi connectivity index (χ0v) is 12.7. The largest absolute Gasteiger partial charge is 0.398 e. The molecule has 0 aliphatic heterocycles. The molecule has 1 aromatic rings. The van der Waals surface area contributed by atoms with Crippen LogP contribution < -0.4 is 15.8 Å². The lowest BCUT2D eigenvalue weighted by molar-refractivity contribution is 0.229. The van der Waals surface area contributed by atoms with Crippen molar-refractivity contribution in [3.63, 3.8) is 0 Å². The Morgan fingerprint density at radius 2 is 2.10 bits per heavy atom.